The van der Waals surface area contributed by atoms with Crippen LogP contribution in [0.5, 0.6) is 0 Å². The van der Waals surface area contributed by atoms with Crippen molar-refractivity contribution in [3.8, 4) is 0 Å². The van der Waals surface area contributed by atoms with Gasteiger partial charge in [-0.25, -0.2) is 14.4 Å². The van der Waals surface area contributed by atoms with Crippen LogP contribution in [0.15, 0.2) is 72.0 Å². The lowest BCUT2D eigenvalue weighted by atomic mass is 10.1. The summed E-state index contributed by atoms with van der Waals surface area (Å²) in [6.07, 6.45) is -2.86. The van der Waals surface area contributed by atoms with Gasteiger partial charge in [0, 0.05) is 17.6 Å². The summed E-state index contributed by atoms with van der Waals surface area (Å²) in [5.41, 5.74) is 1.08. The summed E-state index contributed by atoms with van der Waals surface area (Å²) in [5, 5.41) is 3.06. The molecule has 32 heavy (non-hydrogen) atoms. The van der Waals surface area contributed by atoms with E-state index in [1.807, 2.05) is 0 Å². The Balaban J connectivity index is 1.56. The number of pyridine rings is 1. The van der Waals surface area contributed by atoms with Crippen LogP contribution in [0.2, 0.25) is 0 Å². The number of hydrogen-bond donors (Lipinski definition) is 1. The summed E-state index contributed by atoms with van der Waals surface area (Å²) >= 11 is 1.20. The molecule has 10 heteroatoms. The fraction of sp³-hybridized carbons (Fsp3) is 0.136. The molecule has 0 aliphatic rings. The largest absolute Gasteiger partial charge is 0.416 e. The molecular formula is C22H16F4N4OS. The monoisotopic (exact) mass is 460 g/mol. The van der Waals surface area contributed by atoms with Crippen LogP contribution in [0, 0.1) is 5.82 Å². The molecule has 2 heterocycles. The average Bonchev–Trinajstić information content (AvgIpc) is 3.09. The quantitative estimate of drug-likeness (QED) is 0.304. The third-order valence-corrected chi connectivity index (χ3v) is 5.55. The van der Waals surface area contributed by atoms with Gasteiger partial charge in [0.2, 0.25) is 5.91 Å². The Kier molecular flexibility index (Phi) is 6.13. The standard InChI is InChI=1S/C22H16F4N4OS/c23-16-6-2-7-17(11-16)28-19(31)12-30-20-18(8-3-9-27-20)29-21(30)32-13-14-4-1-5-15(10-14)22(24,25)26/h1-11H,12-13H2,(H,28,31). The molecule has 5 nitrogen and oxygen atoms in total. The molecule has 1 N–H and O–H groups in total. The zero-order valence-corrected chi connectivity index (χ0v) is 17.3. The number of nitrogens with one attached hydrogen (secondary N) is 1. The molecule has 0 fully saturated rings. The molecule has 0 bridgehead atoms. The number of carbonyl (C=O) groups is 1. The van der Waals surface area contributed by atoms with Gasteiger partial charge in [-0.3, -0.25) is 9.36 Å². The van der Waals surface area contributed by atoms with E-state index in [4.69, 9.17) is 0 Å². The van der Waals surface area contributed by atoms with Crippen LogP contribution in [0.3, 0.4) is 0 Å². The Hall–Kier alpha value is -3.40. The fourth-order valence-corrected chi connectivity index (χ4v) is 4.03. The van der Waals surface area contributed by atoms with Crippen molar-refractivity contribution in [3.63, 3.8) is 0 Å². The summed E-state index contributed by atoms with van der Waals surface area (Å²) in [5.74, 6) is -0.671. The molecule has 2 aromatic carbocycles. The SMILES string of the molecule is O=C(Cn1c(SCc2cccc(C(F)(F)F)c2)nc2cccnc21)Nc1cccc(F)c1. The van der Waals surface area contributed by atoms with Gasteiger partial charge in [0.1, 0.15) is 17.9 Å². The summed E-state index contributed by atoms with van der Waals surface area (Å²) in [7, 11) is 0. The maximum atomic E-state index is 13.4. The molecule has 0 radical (unpaired) electrons. The fourth-order valence-electron chi connectivity index (χ4n) is 3.09. The number of halogens is 4. The van der Waals surface area contributed by atoms with Gasteiger partial charge in [0.15, 0.2) is 10.8 Å². The topological polar surface area (TPSA) is 59.8 Å². The minimum absolute atomic E-state index is 0.144. The molecule has 0 atom stereocenters. The summed E-state index contributed by atoms with van der Waals surface area (Å²) in [4.78, 5) is 21.3. The number of amides is 1. The highest BCUT2D eigenvalue weighted by atomic mass is 32.2. The maximum absolute atomic E-state index is 13.4. The third-order valence-electron chi connectivity index (χ3n) is 4.50. The van der Waals surface area contributed by atoms with E-state index >= 15 is 0 Å². The van der Waals surface area contributed by atoms with Crippen molar-refractivity contribution < 1.29 is 22.4 Å². The Labute approximate surface area is 184 Å². The van der Waals surface area contributed by atoms with E-state index in [-0.39, 0.29) is 12.3 Å². The number of imidazole rings is 1. The summed E-state index contributed by atoms with van der Waals surface area (Å²) in [6.45, 7) is -0.144. The van der Waals surface area contributed by atoms with Gasteiger partial charge in [-0.1, -0.05) is 36.0 Å². The normalized spacial score (nSPS) is 11.6. The minimum Gasteiger partial charge on any atom is -0.324 e. The predicted octanol–water partition coefficient (Wildman–Crippen LogP) is 5.52. The van der Waals surface area contributed by atoms with E-state index in [0.29, 0.717) is 27.6 Å². The third kappa shape index (κ3) is 5.08. The van der Waals surface area contributed by atoms with Gasteiger partial charge in [0.05, 0.1) is 5.56 Å². The van der Waals surface area contributed by atoms with Crippen molar-refractivity contribution in [2.75, 3.05) is 5.32 Å². The van der Waals surface area contributed by atoms with E-state index in [1.54, 1.807) is 35.0 Å². The Morgan fingerprint density at radius 1 is 1.06 bits per heavy atom. The first-order valence-corrected chi connectivity index (χ1v) is 10.4. The predicted molar refractivity (Wildman–Crippen MR) is 114 cm³/mol. The van der Waals surface area contributed by atoms with Gasteiger partial charge in [-0.2, -0.15) is 13.2 Å². The lowest BCUT2D eigenvalue weighted by Gasteiger charge is -2.10. The number of nitrogens with zero attached hydrogens (tertiary/aromatic N) is 3. The Morgan fingerprint density at radius 3 is 2.66 bits per heavy atom. The smallest absolute Gasteiger partial charge is 0.324 e. The molecule has 164 valence electrons. The van der Waals surface area contributed by atoms with Crippen molar-refractivity contribution >= 4 is 34.5 Å². The first kappa shape index (κ1) is 21.8. The molecule has 0 aliphatic heterocycles. The van der Waals surface area contributed by atoms with E-state index in [9.17, 15) is 22.4 Å². The van der Waals surface area contributed by atoms with Gasteiger partial charge < -0.3 is 5.32 Å². The van der Waals surface area contributed by atoms with Crippen molar-refractivity contribution in [1.82, 2.24) is 14.5 Å². The summed E-state index contributed by atoms with van der Waals surface area (Å²) < 4.78 is 53.9. The number of alkyl halides is 3. The lowest BCUT2D eigenvalue weighted by molar-refractivity contribution is -0.137. The molecule has 0 unspecified atom stereocenters. The molecular weight excluding hydrogens is 444 g/mol. The number of benzene rings is 2. The molecule has 0 saturated heterocycles. The van der Waals surface area contributed by atoms with Crippen molar-refractivity contribution in [3.05, 3.63) is 83.8 Å². The van der Waals surface area contributed by atoms with Crippen LogP contribution in [0.1, 0.15) is 11.1 Å². The molecule has 4 rings (SSSR count). The highest BCUT2D eigenvalue weighted by Gasteiger charge is 2.30. The number of carbonyl (C=O) groups excluding carboxylic acids is 1. The van der Waals surface area contributed by atoms with Crippen LogP contribution in [0.4, 0.5) is 23.2 Å². The number of thioether (sulfide) groups is 1. The van der Waals surface area contributed by atoms with Gasteiger partial charge in [-0.15, -0.1) is 0 Å². The van der Waals surface area contributed by atoms with E-state index < -0.39 is 23.5 Å². The second-order valence-electron chi connectivity index (χ2n) is 6.87. The number of fused-ring (bicyclic) bond motifs is 1. The number of anilines is 1. The van der Waals surface area contributed by atoms with Crippen LogP contribution in [-0.2, 0) is 23.3 Å². The minimum atomic E-state index is -4.42. The Morgan fingerprint density at radius 2 is 1.88 bits per heavy atom. The molecule has 2 aromatic heterocycles. The second kappa shape index (κ2) is 8.99. The molecule has 0 spiro atoms. The Bertz CT molecular complexity index is 1270. The van der Waals surface area contributed by atoms with Gasteiger partial charge in [-0.05, 0) is 42.0 Å². The molecule has 1 amide bonds. The number of hydrogen-bond acceptors (Lipinski definition) is 4. The van der Waals surface area contributed by atoms with Crippen molar-refractivity contribution in [2.45, 2.75) is 23.6 Å². The highest BCUT2D eigenvalue weighted by molar-refractivity contribution is 7.98. The van der Waals surface area contributed by atoms with Gasteiger partial charge >= 0.3 is 6.18 Å². The van der Waals surface area contributed by atoms with Crippen LogP contribution < -0.4 is 5.32 Å². The zero-order chi connectivity index (χ0) is 22.7. The second-order valence-corrected chi connectivity index (χ2v) is 7.81. The molecule has 4 aromatic rings. The van der Waals surface area contributed by atoms with Crippen molar-refractivity contribution in [1.29, 1.82) is 0 Å². The summed E-state index contributed by atoms with van der Waals surface area (Å²) in [6, 6.07) is 14.0. The average molecular weight is 460 g/mol. The molecule has 0 aliphatic carbocycles. The van der Waals surface area contributed by atoms with Crippen LogP contribution >= 0.6 is 11.8 Å². The first-order valence-electron chi connectivity index (χ1n) is 9.45. The number of rotatable bonds is 6. The zero-order valence-electron chi connectivity index (χ0n) is 16.4. The van der Waals surface area contributed by atoms with Crippen molar-refractivity contribution in [2.24, 2.45) is 0 Å². The lowest BCUT2D eigenvalue weighted by Crippen LogP contribution is -2.19. The van der Waals surface area contributed by atoms with E-state index in [2.05, 4.69) is 15.3 Å². The maximum Gasteiger partial charge on any atom is 0.416 e. The van der Waals surface area contributed by atoms with E-state index in [0.717, 1.165) is 12.1 Å². The van der Waals surface area contributed by atoms with Crippen LogP contribution in [-0.4, -0.2) is 20.4 Å². The van der Waals surface area contributed by atoms with Crippen LogP contribution in [0.25, 0.3) is 11.2 Å². The highest BCUT2D eigenvalue weighted by Crippen LogP contribution is 2.31. The first-order chi connectivity index (χ1) is 15.3. The number of aromatic nitrogens is 3. The van der Waals surface area contributed by atoms with Gasteiger partial charge in [0.25, 0.3) is 0 Å². The van der Waals surface area contributed by atoms with E-state index in [1.165, 1.54) is 36.0 Å². The molecule has 0 saturated carbocycles.